The lowest BCUT2D eigenvalue weighted by Crippen LogP contribution is -2.40. The Hall–Kier alpha value is -2.32. The zero-order valence-corrected chi connectivity index (χ0v) is 11.1. The van der Waals surface area contributed by atoms with Gasteiger partial charge in [0.2, 0.25) is 5.91 Å². The number of hydrogen-bond donors (Lipinski definition) is 2. The first-order chi connectivity index (χ1) is 10.3. The second-order valence-electron chi connectivity index (χ2n) is 4.57. The summed E-state index contributed by atoms with van der Waals surface area (Å²) < 4.78 is 54.3. The molecule has 1 heterocycles. The molecule has 1 saturated heterocycles. The Morgan fingerprint density at radius 3 is 2.64 bits per heavy atom. The SMILES string of the molecule is O=C(NC1CCNC1=O)c1ccccc1OC(F)(F)C(F)F. The molecule has 120 valence electrons. The molecular formula is C13H12F4N2O3. The zero-order chi connectivity index (χ0) is 16.3. The lowest BCUT2D eigenvalue weighted by molar-refractivity contribution is -0.253. The number of hydrogen-bond acceptors (Lipinski definition) is 3. The van der Waals surface area contributed by atoms with Gasteiger partial charge in [0, 0.05) is 6.54 Å². The number of rotatable bonds is 5. The summed E-state index contributed by atoms with van der Waals surface area (Å²) in [5.41, 5.74) is -0.359. The maximum Gasteiger partial charge on any atom is 0.461 e. The molecule has 0 bridgehead atoms. The van der Waals surface area contributed by atoms with Gasteiger partial charge in [0.15, 0.2) is 0 Å². The van der Waals surface area contributed by atoms with Gasteiger partial charge in [0.1, 0.15) is 11.8 Å². The van der Waals surface area contributed by atoms with Gasteiger partial charge in [-0.2, -0.15) is 17.6 Å². The number of amides is 2. The van der Waals surface area contributed by atoms with Gasteiger partial charge in [0.05, 0.1) is 5.56 Å². The largest absolute Gasteiger partial charge is 0.461 e. The van der Waals surface area contributed by atoms with Crippen molar-refractivity contribution in [1.82, 2.24) is 10.6 Å². The molecule has 1 fully saturated rings. The Morgan fingerprint density at radius 1 is 1.36 bits per heavy atom. The molecule has 5 nitrogen and oxygen atoms in total. The van der Waals surface area contributed by atoms with Crippen LogP contribution >= 0.6 is 0 Å². The van der Waals surface area contributed by atoms with Crippen LogP contribution in [-0.4, -0.2) is 36.9 Å². The lowest BCUT2D eigenvalue weighted by Gasteiger charge is -2.19. The minimum Gasteiger partial charge on any atom is -0.427 e. The second kappa shape index (κ2) is 6.20. The molecule has 1 aromatic rings. The van der Waals surface area contributed by atoms with Crippen LogP contribution < -0.4 is 15.4 Å². The van der Waals surface area contributed by atoms with Gasteiger partial charge in [-0.05, 0) is 18.6 Å². The molecule has 1 aliphatic rings. The predicted octanol–water partition coefficient (Wildman–Crippen LogP) is 1.54. The van der Waals surface area contributed by atoms with Crippen molar-refractivity contribution in [3.05, 3.63) is 29.8 Å². The molecule has 1 aromatic carbocycles. The monoisotopic (exact) mass is 320 g/mol. The average molecular weight is 320 g/mol. The van der Waals surface area contributed by atoms with E-state index in [1.165, 1.54) is 12.1 Å². The predicted molar refractivity (Wildman–Crippen MR) is 66.9 cm³/mol. The third-order valence-corrected chi connectivity index (χ3v) is 2.99. The first-order valence-corrected chi connectivity index (χ1v) is 6.34. The maximum atomic E-state index is 13.0. The minimum absolute atomic E-state index is 0.348. The maximum absolute atomic E-state index is 13.0. The highest BCUT2D eigenvalue weighted by atomic mass is 19.3. The molecule has 1 atom stereocenters. The van der Waals surface area contributed by atoms with Crippen molar-refractivity contribution >= 4 is 11.8 Å². The number of benzene rings is 1. The highest BCUT2D eigenvalue weighted by Crippen LogP contribution is 2.29. The Balaban J connectivity index is 2.17. The summed E-state index contributed by atoms with van der Waals surface area (Å²) in [7, 11) is 0. The van der Waals surface area contributed by atoms with Gasteiger partial charge in [-0.25, -0.2) is 0 Å². The molecule has 2 amide bonds. The Kier molecular flexibility index (Phi) is 4.53. The van der Waals surface area contributed by atoms with Gasteiger partial charge in [-0.3, -0.25) is 9.59 Å². The minimum atomic E-state index is -4.72. The van der Waals surface area contributed by atoms with E-state index in [9.17, 15) is 27.2 Å². The third kappa shape index (κ3) is 3.46. The van der Waals surface area contributed by atoms with Crippen molar-refractivity contribution in [2.75, 3.05) is 6.54 Å². The fourth-order valence-electron chi connectivity index (χ4n) is 1.90. The van der Waals surface area contributed by atoms with Crippen molar-refractivity contribution in [1.29, 1.82) is 0 Å². The van der Waals surface area contributed by atoms with Gasteiger partial charge in [-0.1, -0.05) is 12.1 Å². The number of carbonyl (C=O) groups excluding carboxylic acids is 2. The molecule has 1 unspecified atom stereocenters. The van der Waals surface area contributed by atoms with Crippen LogP contribution in [0.3, 0.4) is 0 Å². The van der Waals surface area contributed by atoms with Crippen molar-refractivity contribution in [2.45, 2.75) is 25.0 Å². The van der Waals surface area contributed by atoms with Crippen molar-refractivity contribution < 1.29 is 31.9 Å². The standard InChI is InChI=1S/C13H12F4N2O3/c14-12(15)13(16,17)22-9-4-2-1-3-7(9)10(20)19-8-5-6-18-11(8)21/h1-4,8,12H,5-6H2,(H,18,21)(H,19,20). The molecule has 0 radical (unpaired) electrons. The summed E-state index contributed by atoms with van der Waals surface area (Å²) in [4.78, 5) is 23.4. The number of alkyl halides is 4. The van der Waals surface area contributed by atoms with Crippen LogP contribution in [0.1, 0.15) is 16.8 Å². The van der Waals surface area contributed by atoms with E-state index >= 15 is 0 Å². The molecule has 0 saturated carbocycles. The van der Waals surface area contributed by atoms with Crippen LogP contribution in [0.15, 0.2) is 24.3 Å². The quantitative estimate of drug-likeness (QED) is 0.809. The topological polar surface area (TPSA) is 67.4 Å². The van der Waals surface area contributed by atoms with Crippen LogP contribution in [0, 0.1) is 0 Å². The lowest BCUT2D eigenvalue weighted by atomic mass is 10.1. The van der Waals surface area contributed by atoms with E-state index < -0.39 is 36.1 Å². The molecule has 2 rings (SSSR count). The van der Waals surface area contributed by atoms with E-state index in [1.54, 1.807) is 0 Å². The number of para-hydroxylation sites is 1. The highest BCUT2D eigenvalue weighted by Gasteiger charge is 2.44. The van der Waals surface area contributed by atoms with Crippen molar-refractivity contribution in [3.8, 4) is 5.75 Å². The molecular weight excluding hydrogens is 308 g/mol. The Bertz CT molecular complexity index is 580. The first-order valence-electron chi connectivity index (χ1n) is 6.34. The zero-order valence-electron chi connectivity index (χ0n) is 11.1. The van der Waals surface area contributed by atoms with Gasteiger partial charge in [0.25, 0.3) is 5.91 Å². The molecule has 0 aliphatic carbocycles. The third-order valence-electron chi connectivity index (χ3n) is 2.99. The van der Waals surface area contributed by atoms with Crippen LogP contribution in [0.25, 0.3) is 0 Å². The average Bonchev–Trinajstić information content (AvgIpc) is 2.84. The summed E-state index contributed by atoms with van der Waals surface area (Å²) in [5.74, 6) is -1.95. The number of carbonyl (C=O) groups is 2. The fourth-order valence-corrected chi connectivity index (χ4v) is 1.90. The van der Waals surface area contributed by atoms with Crippen LogP contribution in [0.5, 0.6) is 5.75 Å². The summed E-state index contributed by atoms with van der Waals surface area (Å²) >= 11 is 0. The van der Waals surface area contributed by atoms with E-state index in [-0.39, 0.29) is 5.56 Å². The van der Waals surface area contributed by atoms with E-state index in [4.69, 9.17) is 0 Å². The molecule has 0 aromatic heterocycles. The second-order valence-corrected chi connectivity index (χ2v) is 4.57. The van der Waals surface area contributed by atoms with E-state index in [0.29, 0.717) is 13.0 Å². The van der Waals surface area contributed by atoms with Gasteiger partial charge >= 0.3 is 12.5 Å². The van der Waals surface area contributed by atoms with Gasteiger partial charge < -0.3 is 15.4 Å². The van der Waals surface area contributed by atoms with E-state index in [0.717, 1.165) is 12.1 Å². The Morgan fingerprint density at radius 2 is 2.05 bits per heavy atom. The normalized spacial score (nSPS) is 18.2. The molecule has 1 aliphatic heterocycles. The van der Waals surface area contributed by atoms with Crippen LogP contribution in [0.2, 0.25) is 0 Å². The summed E-state index contributed by atoms with van der Waals surface area (Å²) in [6.07, 6.45) is -8.41. The van der Waals surface area contributed by atoms with E-state index in [2.05, 4.69) is 15.4 Å². The van der Waals surface area contributed by atoms with Crippen molar-refractivity contribution in [2.24, 2.45) is 0 Å². The van der Waals surface area contributed by atoms with E-state index in [1.807, 2.05) is 0 Å². The number of halogens is 4. The molecule has 0 spiro atoms. The van der Waals surface area contributed by atoms with Crippen molar-refractivity contribution in [3.63, 3.8) is 0 Å². The van der Waals surface area contributed by atoms with Crippen LogP contribution in [0.4, 0.5) is 17.6 Å². The molecule has 9 heteroatoms. The van der Waals surface area contributed by atoms with Crippen LogP contribution in [-0.2, 0) is 4.79 Å². The summed E-state index contributed by atoms with van der Waals surface area (Å²) in [5, 5.41) is 4.83. The molecule has 22 heavy (non-hydrogen) atoms. The summed E-state index contributed by atoms with van der Waals surface area (Å²) in [6.45, 7) is 0.380. The highest BCUT2D eigenvalue weighted by molar-refractivity contribution is 6.00. The molecule has 2 N–H and O–H groups in total. The van der Waals surface area contributed by atoms with Gasteiger partial charge in [-0.15, -0.1) is 0 Å². The summed E-state index contributed by atoms with van der Waals surface area (Å²) in [6, 6.07) is 3.93. The fraction of sp³-hybridized carbons (Fsp3) is 0.385. The number of ether oxygens (including phenoxy) is 1. The smallest absolute Gasteiger partial charge is 0.427 e. The first kappa shape index (κ1) is 16.1. The number of nitrogens with one attached hydrogen (secondary N) is 2. The Labute approximate surface area is 122 Å².